The average molecular weight is 181 g/mol. The van der Waals surface area contributed by atoms with Gasteiger partial charge in [-0.3, -0.25) is 0 Å². The van der Waals surface area contributed by atoms with Gasteiger partial charge in [-0.2, -0.15) is 0 Å². The first-order valence-electron chi connectivity index (χ1n) is 3.56. The second kappa shape index (κ2) is 10.7. The zero-order chi connectivity index (χ0) is 10.5. The fraction of sp³-hybridized carbons (Fsp3) is 0.167. The molecule has 0 radical (unpaired) electrons. The Hall–Kier alpha value is -2.28. The van der Waals surface area contributed by atoms with Gasteiger partial charge in [-0.1, -0.05) is 11.8 Å². The summed E-state index contributed by atoms with van der Waals surface area (Å²) in [7, 11) is 0. The predicted octanol–water partition coefficient (Wildman–Crippen LogP) is -0.685. The topological polar surface area (TPSA) is 32.3 Å². The summed E-state index contributed by atoms with van der Waals surface area (Å²) in [6, 6.07) is 0. The average Bonchev–Trinajstić information content (AvgIpc) is 2.21. The van der Waals surface area contributed by atoms with Crippen LogP contribution in [-0.2, 0) is 4.89 Å². The van der Waals surface area contributed by atoms with E-state index in [4.69, 9.17) is 0 Å². The molecular formula is C12H5O2-. The van der Waals surface area contributed by atoms with Crippen LogP contribution in [0.4, 0.5) is 0 Å². The molecule has 0 saturated carbocycles. The molecule has 66 valence electrons. The fourth-order valence-electron chi connectivity index (χ4n) is 0.360. The van der Waals surface area contributed by atoms with Gasteiger partial charge < -0.3 is 10.1 Å². The molecule has 0 atom stereocenters. The van der Waals surface area contributed by atoms with Crippen molar-refractivity contribution in [3.63, 3.8) is 0 Å². The van der Waals surface area contributed by atoms with Crippen LogP contribution in [-0.4, -0.2) is 6.61 Å². The normalized spacial score (nSPS) is 5.00. The highest BCUT2D eigenvalue weighted by Gasteiger charge is 1.59. The molecule has 0 amide bonds. The highest BCUT2D eigenvalue weighted by Crippen LogP contribution is 1.58. The van der Waals surface area contributed by atoms with Crippen LogP contribution < -0.4 is 5.26 Å². The molecule has 0 heterocycles. The van der Waals surface area contributed by atoms with E-state index in [-0.39, 0.29) is 6.61 Å². The zero-order valence-electron chi connectivity index (χ0n) is 7.52. The van der Waals surface area contributed by atoms with Crippen LogP contribution in [0.5, 0.6) is 0 Å². The van der Waals surface area contributed by atoms with Gasteiger partial charge in [-0.25, -0.2) is 0 Å². The van der Waals surface area contributed by atoms with Crippen LogP contribution in [0.3, 0.4) is 0 Å². The molecule has 0 fully saturated rings. The Balaban J connectivity index is 3.99. The van der Waals surface area contributed by atoms with Gasteiger partial charge in [0.15, 0.2) is 0 Å². The first kappa shape index (κ1) is 11.7. The van der Waals surface area contributed by atoms with Gasteiger partial charge in [0, 0.05) is 0 Å². The minimum atomic E-state index is -0.173. The van der Waals surface area contributed by atoms with E-state index in [0.717, 1.165) is 0 Å². The summed E-state index contributed by atoms with van der Waals surface area (Å²) in [4.78, 5) is 3.45. The summed E-state index contributed by atoms with van der Waals surface area (Å²) in [5.41, 5.74) is 0. The van der Waals surface area contributed by atoms with Gasteiger partial charge in [0.05, 0.1) is 6.61 Å². The molecular weight excluding hydrogens is 176 g/mol. The van der Waals surface area contributed by atoms with Gasteiger partial charge >= 0.3 is 0 Å². The minimum absolute atomic E-state index is 0.173. The lowest BCUT2D eigenvalue weighted by atomic mass is 10.5. The van der Waals surface area contributed by atoms with Gasteiger partial charge in [0.1, 0.15) is 0 Å². The van der Waals surface area contributed by atoms with E-state index in [2.05, 4.69) is 64.1 Å². The highest BCUT2D eigenvalue weighted by atomic mass is 17.1. The van der Waals surface area contributed by atoms with E-state index in [1.807, 2.05) is 0 Å². The summed E-state index contributed by atoms with van der Waals surface area (Å²) >= 11 is 0. The van der Waals surface area contributed by atoms with Crippen LogP contribution in [0, 0.1) is 59.2 Å². The van der Waals surface area contributed by atoms with Gasteiger partial charge in [0.2, 0.25) is 0 Å². The minimum Gasteiger partial charge on any atom is -0.723 e. The molecule has 14 heavy (non-hydrogen) atoms. The van der Waals surface area contributed by atoms with Crippen molar-refractivity contribution < 1.29 is 10.1 Å². The van der Waals surface area contributed by atoms with Crippen LogP contribution in [0.1, 0.15) is 6.92 Å². The molecule has 0 aromatic carbocycles. The lowest BCUT2D eigenvalue weighted by Crippen LogP contribution is -2.03. The summed E-state index contributed by atoms with van der Waals surface area (Å²) in [5, 5.41) is 9.46. The lowest BCUT2D eigenvalue weighted by molar-refractivity contribution is -0.685. The molecule has 0 rings (SSSR count). The number of rotatable bonds is 1. The van der Waals surface area contributed by atoms with Crippen molar-refractivity contribution in [1.29, 1.82) is 0 Å². The first-order valence-corrected chi connectivity index (χ1v) is 3.56. The van der Waals surface area contributed by atoms with Crippen molar-refractivity contribution in [2.24, 2.45) is 0 Å². The predicted molar refractivity (Wildman–Crippen MR) is 50.5 cm³/mol. The lowest BCUT2D eigenvalue weighted by Gasteiger charge is -1.95. The largest absolute Gasteiger partial charge is 0.723 e. The smallest absolute Gasteiger partial charge is 0.0962 e. The molecule has 0 aromatic heterocycles. The first-order chi connectivity index (χ1) is 6.91. The van der Waals surface area contributed by atoms with Crippen molar-refractivity contribution in [2.75, 3.05) is 6.61 Å². The van der Waals surface area contributed by atoms with E-state index >= 15 is 0 Å². The van der Waals surface area contributed by atoms with Gasteiger partial charge in [-0.15, -0.1) is 0 Å². The van der Waals surface area contributed by atoms with Crippen molar-refractivity contribution >= 4 is 0 Å². The van der Waals surface area contributed by atoms with Crippen LogP contribution >= 0.6 is 0 Å². The summed E-state index contributed by atoms with van der Waals surface area (Å²) in [6.45, 7) is 1.52. The third-order valence-electron chi connectivity index (χ3n) is 0.782. The molecule has 2 heteroatoms. The maximum Gasteiger partial charge on any atom is 0.0962 e. The van der Waals surface area contributed by atoms with Crippen LogP contribution in [0.2, 0.25) is 0 Å². The molecule has 0 bridgehead atoms. The Kier molecular flexibility index (Phi) is 8.97. The number of hydrogen-bond acceptors (Lipinski definition) is 2. The molecule has 0 aliphatic rings. The van der Waals surface area contributed by atoms with Crippen molar-refractivity contribution in [3.05, 3.63) is 0 Å². The maximum atomic E-state index is 9.46. The third kappa shape index (κ3) is 9.72. The molecule has 0 N–H and O–H groups in total. The molecule has 0 aliphatic carbocycles. The third-order valence-corrected chi connectivity index (χ3v) is 0.782. The zero-order valence-corrected chi connectivity index (χ0v) is 7.52. The molecule has 0 spiro atoms. The van der Waals surface area contributed by atoms with E-state index < -0.39 is 0 Å². The summed E-state index contributed by atoms with van der Waals surface area (Å²) in [6.07, 6.45) is 0. The van der Waals surface area contributed by atoms with E-state index in [1.165, 1.54) is 0 Å². The van der Waals surface area contributed by atoms with Crippen molar-refractivity contribution in [1.82, 2.24) is 0 Å². The SMILES string of the molecule is CC#CC#CC#CC#CC#CCO[O-]. The number of hydrogen-bond donors (Lipinski definition) is 0. The summed E-state index contributed by atoms with van der Waals surface area (Å²) in [5.74, 6) is 24.6. The monoisotopic (exact) mass is 181 g/mol. The fourth-order valence-corrected chi connectivity index (χ4v) is 0.360. The highest BCUT2D eigenvalue weighted by molar-refractivity contribution is 5.42. The molecule has 0 aromatic rings. The van der Waals surface area contributed by atoms with E-state index in [1.54, 1.807) is 6.92 Å². The van der Waals surface area contributed by atoms with E-state index in [9.17, 15) is 5.26 Å². The molecule has 2 nitrogen and oxygen atoms in total. The Morgan fingerprint density at radius 3 is 1.86 bits per heavy atom. The second-order valence-electron chi connectivity index (χ2n) is 1.69. The molecule has 0 saturated heterocycles. The Bertz CT molecular complexity index is 459. The standard InChI is InChI=1S/C12H6O2/c1-2-3-4-5-6-7-8-9-10-11-12-14-13/h13H,12H2,1H3/p-1. The van der Waals surface area contributed by atoms with Gasteiger partial charge in [0.25, 0.3) is 0 Å². The Morgan fingerprint density at radius 2 is 1.36 bits per heavy atom. The second-order valence-corrected chi connectivity index (χ2v) is 1.69. The molecule has 0 aliphatic heterocycles. The molecule has 0 unspecified atom stereocenters. The van der Waals surface area contributed by atoms with Crippen molar-refractivity contribution in [3.8, 4) is 59.2 Å². The maximum absolute atomic E-state index is 9.46. The van der Waals surface area contributed by atoms with Gasteiger partial charge in [-0.05, 0) is 54.3 Å². The Morgan fingerprint density at radius 1 is 0.857 bits per heavy atom. The van der Waals surface area contributed by atoms with Crippen molar-refractivity contribution in [2.45, 2.75) is 6.92 Å². The van der Waals surface area contributed by atoms with Crippen LogP contribution in [0.25, 0.3) is 0 Å². The van der Waals surface area contributed by atoms with Crippen LogP contribution in [0.15, 0.2) is 0 Å². The van der Waals surface area contributed by atoms with E-state index in [0.29, 0.717) is 0 Å². The quantitative estimate of drug-likeness (QED) is 0.305. The Labute approximate surface area is 83.6 Å². The summed E-state index contributed by atoms with van der Waals surface area (Å²) < 4.78 is 0.